The number of nitrogens with zero attached hydrogens (tertiary/aromatic N) is 5. The van der Waals surface area contributed by atoms with E-state index in [1.54, 1.807) is 6.20 Å². The van der Waals surface area contributed by atoms with Crippen molar-refractivity contribution in [3.63, 3.8) is 0 Å². The number of halogens is 2. The molecule has 4 heterocycles. The summed E-state index contributed by atoms with van der Waals surface area (Å²) in [4.78, 5) is 6.40. The average molecular weight is 326 g/mol. The summed E-state index contributed by atoms with van der Waals surface area (Å²) in [7, 11) is 0. The number of nitrogens with one attached hydrogen (secondary N) is 1. The predicted molar refractivity (Wildman–Crippen MR) is 84.4 cm³/mol. The van der Waals surface area contributed by atoms with Gasteiger partial charge < -0.3 is 4.90 Å². The van der Waals surface area contributed by atoms with E-state index in [-0.39, 0.29) is 11.4 Å². The van der Waals surface area contributed by atoms with Crippen LogP contribution in [0.15, 0.2) is 29.4 Å². The maximum atomic E-state index is 14.4. The molecule has 0 bridgehead atoms. The fourth-order valence-corrected chi connectivity index (χ4v) is 3.32. The van der Waals surface area contributed by atoms with Crippen LogP contribution in [0.3, 0.4) is 0 Å². The van der Waals surface area contributed by atoms with Crippen LogP contribution in [0.4, 0.5) is 20.3 Å². The van der Waals surface area contributed by atoms with Gasteiger partial charge >= 0.3 is 0 Å². The highest BCUT2D eigenvalue weighted by atomic mass is 19.1. The lowest BCUT2D eigenvalue weighted by molar-refractivity contribution is 0.578. The van der Waals surface area contributed by atoms with Crippen LogP contribution in [0.1, 0.15) is 11.3 Å². The van der Waals surface area contributed by atoms with E-state index in [1.807, 2.05) is 16.5 Å². The van der Waals surface area contributed by atoms with Crippen molar-refractivity contribution in [2.24, 2.45) is 4.99 Å². The van der Waals surface area contributed by atoms with Crippen LogP contribution in [0, 0.1) is 18.6 Å². The number of hydrogen-bond donors (Lipinski definition) is 1. The molecule has 6 nitrogen and oxygen atoms in total. The lowest BCUT2D eigenvalue weighted by atomic mass is 10.1. The normalized spacial score (nSPS) is 15.1. The minimum Gasteiger partial charge on any atom is -0.308 e. The number of anilines is 1. The summed E-state index contributed by atoms with van der Waals surface area (Å²) in [5.74, 6) is -0.272. The molecule has 0 spiro atoms. The highest BCUT2D eigenvalue weighted by Crippen LogP contribution is 2.43. The predicted octanol–water partition coefficient (Wildman–Crippen LogP) is 2.77. The Kier molecular flexibility index (Phi) is 2.51. The molecule has 1 aromatic carbocycles. The SMILES string of the molecule is Cc1[nH]nc2c1N=C(c1c(F)cccc1F)N1CCn3ncc-2c31. The van der Waals surface area contributed by atoms with E-state index in [4.69, 9.17) is 0 Å². The Bertz CT molecular complexity index is 995. The molecule has 8 heteroatoms. The number of hydrogen-bond acceptors (Lipinski definition) is 4. The van der Waals surface area contributed by atoms with Gasteiger partial charge in [0.15, 0.2) is 0 Å². The van der Waals surface area contributed by atoms with Crippen molar-refractivity contribution < 1.29 is 8.78 Å². The molecule has 0 unspecified atom stereocenters. The van der Waals surface area contributed by atoms with Crippen LogP contribution >= 0.6 is 0 Å². The largest absolute Gasteiger partial charge is 0.308 e. The molecular formula is C16H12F2N6. The monoisotopic (exact) mass is 326 g/mol. The maximum Gasteiger partial charge on any atom is 0.148 e. The van der Waals surface area contributed by atoms with E-state index < -0.39 is 11.6 Å². The van der Waals surface area contributed by atoms with Crippen LogP contribution in [0.25, 0.3) is 11.3 Å². The van der Waals surface area contributed by atoms with E-state index in [1.165, 1.54) is 18.2 Å². The molecule has 0 amide bonds. The van der Waals surface area contributed by atoms with Gasteiger partial charge in [-0.15, -0.1) is 0 Å². The number of H-pyrrole nitrogens is 1. The summed E-state index contributed by atoms with van der Waals surface area (Å²) >= 11 is 0. The first-order valence-corrected chi connectivity index (χ1v) is 7.57. The van der Waals surface area contributed by atoms with E-state index in [2.05, 4.69) is 20.3 Å². The molecule has 2 aliphatic rings. The van der Waals surface area contributed by atoms with Gasteiger partial charge in [0.2, 0.25) is 0 Å². The maximum absolute atomic E-state index is 14.4. The lowest BCUT2D eigenvalue weighted by Gasteiger charge is -2.20. The third-order valence-corrected chi connectivity index (χ3v) is 4.43. The van der Waals surface area contributed by atoms with Gasteiger partial charge in [0.05, 0.1) is 29.6 Å². The Morgan fingerprint density at radius 2 is 1.96 bits per heavy atom. The van der Waals surface area contributed by atoms with Gasteiger partial charge in [-0.1, -0.05) is 6.07 Å². The zero-order valence-corrected chi connectivity index (χ0v) is 12.7. The second kappa shape index (κ2) is 4.50. The summed E-state index contributed by atoms with van der Waals surface area (Å²) in [6, 6.07) is 3.83. The molecule has 2 aliphatic heterocycles. The van der Waals surface area contributed by atoms with Gasteiger partial charge in [-0.3, -0.25) is 5.10 Å². The molecule has 2 aromatic heterocycles. The molecule has 0 saturated heterocycles. The molecule has 24 heavy (non-hydrogen) atoms. The molecule has 0 saturated carbocycles. The molecule has 120 valence electrons. The van der Waals surface area contributed by atoms with E-state index in [0.29, 0.717) is 24.5 Å². The highest BCUT2D eigenvalue weighted by molar-refractivity contribution is 6.14. The lowest BCUT2D eigenvalue weighted by Crippen LogP contribution is -2.31. The molecule has 5 rings (SSSR count). The highest BCUT2D eigenvalue weighted by Gasteiger charge is 2.35. The summed E-state index contributed by atoms with van der Waals surface area (Å²) in [6.45, 7) is 3.01. The van der Waals surface area contributed by atoms with E-state index >= 15 is 0 Å². The third-order valence-electron chi connectivity index (χ3n) is 4.43. The van der Waals surface area contributed by atoms with Gasteiger partial charge in [-0.25, -0.2) is 18.5 Å². The molecular weight excluding hydrogens is 314 g/mol. The first kappa shape index (κ1) is 13.4. The third kappa shape index (κ3) is 1.60. The number of benzene rings is 1. The van der Waals surface area contributed by atoms with Crippen molar-refractivity contribution in [1.82, 2.24) is 20.0 Å². The summed E-state index contributed by atoms with van der Waals surface area (Å²) in [6.07, 6.45) is 1.72. The van der Waals surface area contributed by atoms with Crippen molar-refractivity contribution in [2.45, 2.75) is 13.5 Å². The van der Waals surface area contributed by atoms with Crippen LogP contribution < -0.4 is 4.90 Å². The Labute approximate surface area is 135 Å². The number of aryl methyl sites for hydroxylation is 1. The fraction of sp³-hybridized carbons (Fsp3) is 0.188. The average Bonchev–Trinajstić information content (AvgIpc) is 3.20. The van der Waals surface area contributed by atoms with Crippen LogP contribution in [-0.2, 0) is 6.54 Å². The second-order valence-corrected chi connectivity index (χ2v) is 5.83. The smallest absolute Gasteiger partial charge is 0.148 e. The van der Waals surface area contributed by atoms with Crippen molar-refractivity contribution in [2.75, 3.05) is 11.4 Å². The van der Waals surface area contributed by atoms with Crippen LogP contribution in [-0.4, -0.2) is 32.4 Å². The number of rotatable bonds is 1. The minimum atomic E-state index is -0.641. The first-order chi connectivity index (χ1) is 11.6. The van der Waals surface area contributed by atoms with Crippen LogP contribution in [0.2, 0.25) is 0 Å². The molecule has 1 N–H and O–H groups in total. The Hall–Kier alpha value is -3.03. The standard InChI is InChI=1S/C16H12F2N6/c1-8-13-14(22-21-8)9-7-19-24-6-5-23(16(9)24)15(20-13)12-10(17)3-2-4-11(12)18/h2-4,7H,5-6H2,1H3,(H,21,22). The zero-order valence-electron chi connectivity index (χ0n) is 12.7. The zero-order chi connectivity index (χ0) is 16.4. The summed E-state index contributed by atoms with van der Waals surface area (Å²) in [5, 5.41) is 11.6. The van der Waals surface area contributed by atoms with Gasteiger partial charge in [-0.05, 0) is 19.1 Å². The second-order valence-electron chi connectivity index (χ2n) is 5.83. The number of aliphatic imine (C=N–C) groups is 1. The Morgan fingerprint density at radius 3 is 2.75 bits per heavy atom. The van der Waals surface area contributed by atoms with Crippen molar-refractivity contribution in [1.29, 1.82) is 0 Å². The quantitative estimate of drug-likeness (QED) is 0.748. The van der Waals surface area contributed by atoms with Crippen molar-refractivity contribution >= 4 is 17.3 Å². The molecule has 0 fully saturated rings. The molecule has 3 aromatic rings. The van der Waals surface area contributed by atoms with E-state index in [0.717, 1.165) is 17.1 Å². The summed E-state index contributed by atoms with van der Waals surface area (Å²) in [5.41, 5.74) is 2.64. The fourth-order valence-electron chi connectivity index (χ4n) is 3.32. The molecule has 0 aliphatic carbocycles. The topological polar surface area (TPSA) is 62.1 Å². The van der Waals surface area contributed by atoms with Gasteiger partial charge in [0.25, 0.3) is 0 Å². The van der Waals surface area contributed by atoms with Gasteiger partial charge in [0.1, 0.15) is 34.7 Å². The Balaban J connectivity index is 1.86. The van der Waals surface area contributed by atoms with Crippen LogP contribution in [0.5, 0.6) is 0 Å². The number of aromatic amines is 1. The Morgan fingerprint density at radius 1 is 1.17 bits per heavy atom. The van der Waals surface area contributed by atoms with Gasteiger partial charge in [0, 0.05) is 6.54 Å². The minimum absolute atomic E-state index is 0.133. The van der Waals surface area contributed by atoms with Crippen molar-refractivity contribution in [3.05, 3.63) is 47.3 Å². The molecule has 0 radical (unpaired) electrons. The first-order valence-electron chi connectivity index (χ1n) is 7.57. The number of amidine groups is 1. The van der Waals surface area contributed by atoms with Gasteiger partial charge in [-0.2, -0.15) is 10.2 Å². The molecule has 0 atom stereocenters. The number of aromatic nitrogens is 4. The number of fused-ring (bicyclic) bond motifs is 2. The van der Waals surface area contributed by atoms with E-state index in [9.17, 15) is 8.78 Å². The summed E-state index contributed by atoms with van der Waals surface area (Å²) < 4.78 is 30.6. The van der Waals surface area contributed by atoms with Crippen molar-refractivity contribution in [3.8, 4) is 11.3 Å².